The molecule has 0 aliphatic heterocycles. The molecule has 1 rings (SSSR count). The van der Waals surface area contributed by atoms with Gasteiger partial charge in [0.2, 0.25) is 0 Å². The van der Waals surface area contributed by atoms with E-state index in [2.05, 4.69) is 9.47 Å². The van der Waals surface area contributed by atoms with Gasteiger partial charge in [0.25, 0.3) is 0 Å². The van der Waals surface area contributed by atoms with Crippen LogP contribution in [0.5, 0.6) is 5.75 Å². The van der Waals surface area contributed by atoms with Crippen LogP contribution in [0.4, 0.5) is 0 Å². The maximum absolute atomic E-state index is 11.7. The lowest BCUT2D eigenvalue weighted by atomic mass is 10.1. The van der Waals surface area contributed by atoms with Gasteiger partial charge in [-0.2, -0.15) is 0 Å². The number of hydrogen-bond acceptors (Lipinski definition) is 5. The van der Waals surface area contributed by atoms with Crippen LogP contribution in [0, 0.1) is 0 Å². The molecule has 0 bridgehead atoms. The molecule has 7 heteroatoms. The summed E-state index contributed by atoms with van der Waals surface area (Å²) in [5, 5.41) is 0.621. The van der Waals surface area contributed by atoms with E-state index in [9.17, 15) is 9.59 Å². The molecule has 0 aromatic heterocycles. The topological polar surface area (TPSA) is 61.8 Å². The number of benzene rings is 1. The van der Waals surface area contributed by atoms with Gasteiger partial charge in [0, 0.05) is 10.6 Å². The van der Waals surface area contributed by atoms with Crippen molar-refractivity contribution in [3.63, 3.8) is 0 Å². The summed E-state index contributed by atoms with van der Waals surface area (Å²) in [7, 11) is 2.33. The van der Waals surface area contributed by atoms with Gasteiger partial charge in [0.05, 0.1) is 25.8 Å². The Hall–Kier alpha value is -1.72. The van der Waals surface area contributed by atoms with E-state index in [0.717, 1.165) is 6.42 Å². The Kier molecular flexibility index (Phi) is 7.21. The lowest BCUT2D eigenvalue weighted by Crippen LogP contribution is -2.15. The summed E-state index contributed by atoms with van der Waals surface area (Å²) in [5.41, 5.74) is 0.0985. The third-order valence-electron chi connectivity index (χ3n) is 2.60. The normalized spacial score (nSPS) is 9.86. The second-order valence-electron chi connectivity index (χ2n) is 4.20. The molecule has 1 aromatic carbocycles. The molecule has 0 radical (unpaired) electrons. The first-order valence-electron chi connectivity index (χ1n) is 6.44. The molecule has 0 unspecified atom stereocenters. The summed E-state index contributed by atoms with van der Waals surface area (Å²) in [4.78, 5) is 23.4. The third kappa shape index (κ3) is 4.64. The number of carbonyl (C=O) groups is 2. The molecule has 0 aliphatic carbocycles. The number of hydrogen-bond donors (Lipinski definition) is 0. The van der Waals surface area contributed by atoms with Gasteiger partial charge in [0.1, 0.15) is 11.3 Å². The molecule has 0 aliphatic rings. The van der Waals surface area contributed by atoms with E-state index in [1.807, 2.05) is 6.92 Å². The number of methoxy groups -OCH3 is 2. The van der Waals surface area contributed by atoms with Crippen molar-refractivity contribution in [1.29, 1.82) is 0 Å². The molecule has 0 atom stereocenters. The SMILES string of the molecule is CCCOc1c(Cl)cc(Cl)cc1C=C(C(=O)OC)C(=O)OC. The van der Waals surface area contributed by atoms with Crippen molar-refractivity contribution >= 4 is 41.2 Å². The van der Waals surface area contributed by atoms with Crippen molar-refractivity contribution in [3.05, 3.63) is 33.3 Å². The predicted octanol–water partition coefficient (Wildman–Crippen LogP) is 3.51. The summed E-state index contributed by atoms with van der Waals surface area (Å²) in [6.07, 6.45) is 2.05. The summed E-state index contributed by atoms with van der Waals surface area (Å²) in [6.45, 7) is 2.36. The highest BCUT2D eigenvalue weighted by molar-refractivity contribution is 6.36. The summed E-state index contributed by atoms with van der Waals surface area (Å²) in [5.74, 6) is -1.33. The van der Waals surface area contributed by atoms with E-state index < -0.39 is 11.9 Å². The Morgan fingerprint density at radius 2 is 1.73 bits per heavy atom. The second kappa shape index (κ2) is 8.66. The summed E-state index contributed by atoms with van der Waals surface area (Å²) >= 11 is 12.1. The van der Waals surface area contributed by atoms with Crippen LogP contribution in [0.25, 0.3) is 6.08 Å². The van der Waals surface area contributed by atoms with E-state index in [1.165, 1.54) is 32.4 Å². The molecule has 0 heterocycles. The quantitative estimate of drug-likeness (QED) is 0.341. The molecule has 0 saturated heterocycles. The predicted molar refractivity (Wildman–Crippen MR) is 84.3 cm³/mol. The molecular weight excluding hydrogens is 331 g/mol. The zero-order chi connectivity index (χ0) is 16.7. The van der Waals surface area contributed by atoms with Gasteiger partial charge in [-0.15, -0.1) is 0 Å². The fraction of sp³-hybridized carbons (Fsp3) is 0.333. The minimum absolute atomic E-state index is 0.279. The second-order valence-corrected chi connectivity index (χ2v) is 5.04. The maximum Gasteiger partial charge on any atom is 0.345 e. The first-order chi connectivity index (χ1) is 10.4. The minimum Gasteiger partial charge on any atom is -0.491 e. The van der Waals surface area contributed by atoms with Crippen molar-refractivity contribution in [2.75, 3.05) is 20.8 Å². The molecule has 0 spiro atoms. The first-order valence-corrected chi connectivity index (χ1v) is 7.20. The van der Waals surface area contributed by atoms with Crippen molar-refractivity contribution in [3.8, 4) is 5.75 Å². The molecule has 5 nitrogen and oxygen atoms in total. The van der Waals surface area contributed by atoms with Crippen LogP contribution in [0.1, 0.15) is 18.9 Å². The van der Waals surface area contributed by atoms with Gasteiger partial charge in [-0.3, -0.25) is 0 Å². The van der Waals surface area contributed by atoms with Crippen LogP contribution in [-0.2, 0) is 19.1 Å². The number of ether oxygens (including phenoxy) is 3. The largest absolute Gasteiger partial charge is 0.491 e. The Labute approximate surface area is 138 Å². The van der Waals surface area contributed by atoms with E-state index in [-0.39, 0.29) is 10.6 Å². The van der Waals surface area contributed by atoms with Crippen LogP contribution < -0.4 is 4.74 Å². The van der Waals surface area contributed by atoms with Crippen LogP contribution in [0.2, 0.25) is 10.0 Å². The summed E-state index contributed by atoms with van der Waals surface area (Å²) < 4.78 is 14.7. The summed E-state index contributed by atoms with van der Waals surface area (Å²) in [6, 6.07) is 3.05. The third-order valence-corrected chi connectivity index (χ3v) is 3.10. The average Bonchev–Trinajstić information content (AvgIpc) is 2.50. The Morgan fingerprint density at radius 3 is 2.23 bits per heavy atom. The molecule has 22 heavy (non-hydrogen) atoms. The first kappa shape index (κ1) is 18.3. The molecule has 0 fully saturated rings. The Bertz CT molecular complexity index is 578. The van der Waals surface area contributed by atoms with Crippen molar-refractivity contribution in [2.24, 2.45) is 0 Å². The number of halogens is 2. The smallest absolute Gasteiger partial charge is 0.345 e. The van der Waals surface area contributed by atoms with E-state index in [1.54, 1.807) is 0 Å². The molecule has 0 saturated carbocycles. The zero-order valence-electron chi connectivity index (χ0n) is 12.4. The van der Waals surface area contributed by atoms with Gasteiger partial charge < -0.3 is 14.2 Å². The van der Waals surface area contributed by atoms with Gasteiger partial charge in [-0.1, -0.05) is 30.1 Å². The fourth-order valence-corrected chi connectivity index (χ4v) is 2.18. The molecule has 120 valence electrons. The maximum atomic E-state index is 11.7. The molecule has 1 aromatic rings. The van der Waals surface area contributed by atoms with Gasteiger partial charge in [-0.25, -0.2) is 9.59 Å². The lowest BCUT2D eigenvalue weighted by molar-refractivity contribution is -0.143. The van der Waals surface area contributed by atoms with Crippen molar-refractivity contribution < 1.29 is 23.8 Å². The zero-order valence-corrected chi connectivity index (χ0v) is 14.0. The highest BCUT2D eigenvalue weighted by Crippen LogP contribution is 2.34. The van der Waals surface area contributed by atoms with Crippen LogP contribution in [-0.4, -0.2) is 32.8 Å². The monoisotopic (exact) mass is 346 g/mol. The Balaban J connectivity index is 3.40. The highest BCUT2D eigenvalue weighted by Gasteiger charge is 2.21. The molecule has 0 N–H and O–H groups in total. The molecular formula is C15H16Cl2O5. The van der Waals surface area contributed by atoms with Crippen molar-refractivity contribution in [2.45, 2.75) is 13.3 Å². The standard InChI is InChI=1S/C15H16Cl2O5/c1-4-5-22-13-9(6-10(16)8-12(13)17)7-11(14(18)20-2)15(19)21-3/h6-8H,4-5H2,1-3H3. The van der Waals surface area contributed by atoms with Crippen LogP contribution in [0.3, 0.4) is 0 Å². The number of carbonyl (C=O) groups excluding carboxylic acids is 2. The van der Waals surface area contributed by atoms with Gasteiger partial charge in [0.15, 0.2) is 0 Å². The molecule has 0 amide bonds. The van der Waals surface area contributed by atoms with Gasteiger partial charge in [-0.05, 0) is 24.6 Å². The number of rotatable bonds is 6. The fourth-order valence-electron chi connectivity index (χ4n) is 1.62. The van der Waals surface area contributed by atoms with Crippen LogP contribution >= 0.6 is 23.2 Å². The van der Waals surface area contributed by atoms with E-state index >= 15 is 0 Å². The Morgan fingerprint density at radius 1 is 1.14 bits per heavy atom. The van der Waals surface area contributed by atoms with E-state index in [4.69, 9.17) is 27.9 Å². The highest BCUT2D eigenvalue weighted by atomic mass is 35.5. The van der Waals surface area contributed by atoms with Crippen LogP contribution in [0.15, 0.2) is 17.7 Å². The number of esters is 2. The lowest BCUT2D eigenvalue weighted by Gasteiger charge is -2.12. The minimum atomic E-state index is -0.829. The van der Waals surface area contributed by atoms with E-state index in [0.29, 0.717) is 22.9 Å². The van der Waals surface area contributed by atoms with Crippen molar-refractivity contribution in [1.82, 2.24) is 0 Å². The van der Waals surface area contributed by atoms with Gasteiger partial charge >= 0.3 is 11.9 Å². The average molecular weight is 347 g/mol.